The van der Waals surface area contributed by atoms with Gasteiger partial charge in [0.2, 0.25) is 0 Å². The monoisotopic (exact) mass is 254 g/mol. The van der Waals surface area contributed by atoms with Gasteiger partial charge in [-0.05, 0) is 18.2 Å². The minimum Gasteiger partial charge on any atom is -0.399 e. The van der Waals surface area contributed by atoms with E-state index in [9.17, 15) is 4.79 Å². The van der Waals surface area contributed by atoms with E-state index in [0.717, 1.165) is 4.47 Å². The summed E-state index contributed by atoms with van der Waals surface area (Å²) in [5.41, 5.74) is 6.69. The van der Waals surface area contributed by atoms with Crippen LogP contribution in [-0.4, -0.2) is 12.5 Å². The predicted molar refractivity (Wildman–Crippen MR) is 61.1 cm³/mol. The van der Waals surface area contributed by atoms with Gasteiger partial charge < -0.3 is 11.1 Å². The topological polar surface area (TPSA) is 55.1 Å². The number of rotatable bonds is 3. The maximum absolute atomic E-state index is 11.5. The third-order valence-electron chi connectivity index (χ3n) is 1.59. The minimum atomic E-state index is -0.155. The molecule has 0 aliphatic rings. The van der Waals surface area contributed by atoms with Crippen molar-refractivity contribution in [3.8, 4) is 0 Å². The Morgan fingerprint density at radius 3 is 2.86 bits per heavy atom. The van der Waals surface area contributed by atoms with Gasteiger partial charge in [0.05, 0.1) is 0 Å². The molecule has 0 saturated heterocycles. The fourth-order valence-corrected chi connectivity index (χ4v) is 1.52. The molecule has 1 aromatic rings. The fraction of sp³-hybridized carbons (Fsp3) is 0.100. The highest BCUT2D eigenvalue weighted by molar-refractivity contribution is 9.10. The van der Waals surface area contributed by atoms with Crippen LogP contribution in [0.2, 0.25) is 0 Å². The van der Waals surface area contributed by atoms with Crippen LogP contribution in [0.25, 0.3) is 0 Å². The molecule has 14 heavy (non-hydrogen) atoms. The van der Waals surface area contributed by atoms with Gasteiger partial charge in [0, 0.05) is 22.3 Å². The molecule has 1 aromatic carbocycles. The molecule has 0 aliphatic carbocycles. The Morgan fingerprint density at radius 1 is 1.57 bits per heavy atom. The zero-order chi connectivity index (χ0) is 10.6. The Kier molecular flexibility index (Phi) is 3.71. The molecule has 74 valence electrons. The summed E-state index contributed by atoms with van der Waals surface area (Å²) in [7, 11) is 0. The van der Waals surface area contributed by atoms with Crippen molar-refractivity contribution in [2.75, 3.05) is 12.3 Å². The number of carbonyl (C=O) groups is 1. The number of amides is 1. The lowest BCUT2D eigenvalue weighted by molar-refractivity contribution is 0.0958. The Labute approximate surface area is 91.1 Å². The number of anilines is 1. The van der Waals surface area contributed by atoms with Gasteiger partial charge in [-0.25, -0.2) is 0 Å². The molecule has 1 amide bonds. The van der Waals surface area contributed by atoms with E-state index in [1.54, 1.807) is 24.3 Å². The largest absolute Gasteiger partial charge is 0.399 e. The summed E-state index contributed by atoms with van der Waals surface area (Å²) in [6.07, 6.45) is 1.62. The van der Waals surface area contributed by atoms with Gasteiger partial charge in [0.15, 0.2) is 0 Å². The van der Waals surface area contributed by atoms with Crippen LogP contribution in [0, 0.1) is 0 Å². The molecule has 0 heterocycles. The van der Waals surface area contributed by atoms with Crippen LogP contribution in [0.15, 0.2) is 35.3 Å². The van der Waals surface area contributed by atoms with Crippen molar-refractivity contribution in [2.24, 2.45) is 0 Å². The third-order valence-corrected chi connectivity index (χ3v) is 2.05. The Balaban J connectivity index is 2.84. The van der Waals surface area contributed by atoms with E-state index in [1.807, 2.05) is 0 Å². The average molecular weight is 255 g/mol. The van der Waals surface area contributed by atoms with Crippen LogP contribution in [-0.2, 0) is 0 Å². The molecule has 0 spiro atoms. The van der Waals surface area contributed by atoms with Crippen LogP contribution < -0.4 is 11.1 Å². The third kappa shape index (κ3) is 2.88. The molecule has 0 atom stereocenters. The number of nitrogens with two attached hydrogens (primary N) is 1. The second-order valence-electron chi connectivity index (χ2n) is 2.77. The number of carbonyl (C=O) groups excluding carboxylic acids is 1. The lowest BCUT2D eigenvalue weighted by atomic mass is 10.2. The van der Waals surface area contributed by atoms with Crippen LogP contribution in [0.4, 0.5) is 5.69 Å². The summed E-state index contributed by atoms with van der Waals surface area (Å²) in [4.78, 5) is 11.5. The fourth-order valence-electron chi connectivity index (χ4n) is 1.01. The first kappa shape index (κ1) is 10.8. The Bertz CT molecular complexity index is 343. The first-order valence-corrected chi connectivity index (χ1v) is 4.88. The second kappa shape index (κ2) is 4.81. The van der Waals surface area contributed by atoms with E-state index in [2.05, 4.69) is 27.8 Å². The summed E-state index contributed by atoms with van der Waals surface area (Å²) in [5, 5.41) is 2.67. The average Bonchev–Trinajstić information content (AvgIpc) is 2.12. The zero-order valence-corrected chi connectivity index (χ0v) is 9.17. The molecule has 0 unspecified atom stereocenters. The normalized spacial score (nSPS) is 9.50. The number of halogens is 1. The summed E-state index contributed by atoms with van der Waals surface area (Å²) >= 11 is 3.27. The molecule has 0 fully saturated rings. The van der Waals surface area contributed by atoms with E-state index in [0.29, 0.717) is 17.8 Å². The Morgan fingerprint density at radius 2 is 2.29 bits per heavy atom. The van der Waals surface area contributed by atoms with Crippen molar-refractivity contribution in [3.05, 3.63) is 40.9 Å². The van der Waals surface area contributed by atoms with Gasteiger partial charge in [0.25, 0.3) is 5.91 Å². The van der Waals surface area contributed by atoms with Gasteiger partial charge in [-0.1, -0.05) is 22.0 Å². The van der Waals surface area contributed by atoms with E-state index >= 15 is 0 Å². The van der Waals surface area contributed by atoms with Crippen LogP contribution in [0.3, 0.4) is 0 Å². The summed E-state index contributed by atoms with van der Waals surface area (Å²) in [6, 6.07) is 5.09. The summed E-state index contributed by atoms with van der Waals surface area (Å²) < 4.78 is 0.793. The predicted octanol–water partition coefficient (Wildman–Crippen LogP) is 1.95. The van der Waals surface area contributed by atoms with Crippen molar-refractivity contribution in [1.29, 1.82) is 0 Å². The van der Waals surface area contributed by atoms with Crippen molar-refractivity contribution in [2.45, 2.75) is 0 Å². The summed E-state index contributed by atoms with van der Waals surface area (Å²) in [6.45, 7) is 3.96. The standard InChI is InChI=1S/C10H11BrN2O/c1-2-3-13-10(14)7-4-8(11)6-9(12)5-7/h2,4-6H,1,3,12H2,(H,13,14). The second-order valence-corrected chi connectivity index (χ2v) is 3.69. The molecular formula is C10H11BrN2O. The molecule has 3 nitrogen and oxygen atoms in total. The summed E-state index contributed by atoms with van der Waals surface area (Å²) in [5.74, 6) is -0.155. The maximum Gasteiger partial charge on any atom is 0.251 e. The molecule has 0 saturated carbocycles. The molecule has 4 heteroatoms. The molecule has 0 bridgehead atoms. The molecule has 0 aliphatic heterocycles. The maximum atomic E-state index is 11.5. The first-order chi connectivity index (χ1) is 6.63. The minimum absolute atomic E-state index is 0.155. The van der Waals surface area contributed by atoms with Crippen LogP contribution >= 0.6 is 15.9 Å². The van der Waals surface area contributed by atoms with Crippen molar-refractivity contribution < 1.29 is 4.79 Å². The molecule has 1 rings (SSSR count). The van der Waals surface area contributed by atoms with Crippen LogP contribution in [0.1, 0.15) is 10.4 Å². The number of hydrogen-bond donors (Lipinski definition) is 2. The quantitative estimate of drug-likeness (QED) is 0.640. The van der Waals surface area contributed by atoms with E-state index in [-0.39, 0.29) is 5.91 Å². The Hall–Kier alpha value is -1.29. The van der Waals surface area contributed by atoms with Crippen molar-refractivity contribution in [3.63, 3.8) is 0 Å². The number of hydrogen-bond acceptors (Lipinski definition) is 2. The van der Waals surface area contributed by atoms with Gasteiger partial charge in [-0.3, -0.25) is 4.79 Å². The van der Waals surface area contributed by atoms with E-state index < -0.39 is 0 Å². The van der Waals surface area contributed by atoms with E-state index in [1.165, 1.54) is 0 Å². The highest BCUT2D eigenvalue weighted by atomic mass is 79.9. The van der Waals surface area contributed by atoms with Crippen LogP contribution in [0.5, 0.6) is 0 Å². The van der Waals surface area contributed by atoms with Gasteiger partial charge in [-0.2, -0.15) is 0 Å². The number of benzene rings is 1. The molecule has 3 N–H and O–H groups in total. The lowest BCUT2D eigenvalue weighted by Gasteiger charge is -2.04. The molecule has 0 aromatic heterocycles. The lowest BCUT2D eigenvalue weighted by Crippen LogP contribution is -2.23. The van der Waals surface area contributed by atoms with Gasteiger partial charge in [-0.15, -0.1) is 6.58 Å². The zero-order valence-electron chi connectivity index (χ0n) is 7.59. The number of nitrogens with one attached hydrogen (secondary N) is 1. The van der Waals surface area contributed by atoms with Gasteiger partial charge in [0.1, 0.15) is 0 Å². The van der Waals surface area contributed by atoms with Crippen molar-refractivity contribution in [1.82, 2.24) is 5.32 Å². The number of nitrogen functional groups attached to an aromatic ring is 1. The highest BCUT2D eigenvalue weighted by Gasteiger charge is 2.05. The smallest absolute Gasteiger partial charge is 0.251 e. The van der Waals surface area contributed by atoms with Crippen molar-refractivity contribution >= 4 is 27.5 Å². The first-order valence-electron chi connectivity index (χ1n) is 4.08. The SMILES string of the molecule is C=CCNC(=O)c1cc(N)cc(Br)c1. The molecular weight excluding hydrogens is 244 g/mol. The van der Waals surface area contributed by atoms with E-state index in [4.69, 9.17) is 5.73 Å². The van der Waals surface area contributed by atoms with Gasteiger partial charge >= 0.3 is 0 Å². The molecule has 0 radical (unpaired) electrons. The highest BCUT2D eigenvalue weighted by Crippen LogP contribution is 2.16.